The molecule has 0 bridgehead atoms. The highest BCUT2D eigenvalue weighted by molar-refractivity contribution is 5.74. The molecule has 1 amide bonds. The van der Waals surface area contributed by atoms with Crippen molar-refractivity contribution in [1.29, 1.82) is 0 Å². The molecule has 1 atom stereocenters. The van der Waals surface area contributed by atoms with E-state index in [1.54, 1.807) is 0 Å². The van der Waals surface area contributed by atoms with Crippen LogP contribution >= 0.6 is 0 Å². The van der Waals surface area contributed by atoms with Gasteiger partial charge in [-0.05, 0) is 43.7 Å². The molecule has 100 valence electrons. The van der Waals surface area contributed by atoms with Crippen LogP contribution in [-0.2, 0) is 4.79 Å². The molecule has 2 rings (SSSR count). The van der Waals surface area contributed by atoms with Gasteiger partial charge in [-0.3, -0.25) is 4.79 Å². The molecule has 4 nitrogen and oxygen atoms in total. The third-order valence-corrected chi connectivity index (χ3v) is 3.27. The highest BCUT2D eigenvalue weighted by Crippen LogP contribution is 2.20. The first-order chi connectivity index (χ1) is 8.99. The molecule has 0 spiro atoms. The third kappa shape index (κ3) is 2.85. The van der Waals surface area contributed by atoms with Crippen molar-refractivity contribution in [3.63, 3.8) is 0 Å². The standard InChI is InChI=1S/C15H19N3O/c1-10-3-4-11(2)18(10)13-7-5-12(6-8-13)14(16)9-15(17)19/h3-8,14H,9,16H2,1-2H3,(H2,17,19). The highest BCUT2D eigenvalue weighted by Gasteiger charge is 2.10. The lowest BCUT2D eigenvalue weighted by molar-refractivity contribution is -0.118. The van der Waals surface area contributed by atoms with Gasteiger partial charge in [-0.1, -0.05) is 12.1 Å². The van der Waals surface area contributed by atoms with Crippen LogP contribution in [0.25, 0.3) is 5.69 Å². The summed E-state index contributed by atoms with van der Waals surface area (Å²) in [6.45, 7) is 4.14. The maximum Gasteiger partial charge on any atom is 0.219 e. The molecule has 0 saturated carbocycles. The zero-order valence-electron chi connectivity index (χ0n) is 11.3. The number of hydrogen-bond donors (Lipinski definition) is 2. The highest BCUT2D eigenvalue weighted by atomic mass is 16.1. The normalized spacial score (nSPS) is 12.4. The van der Waals surface area contributed by atoms with Crippen LogP contribution in [0.4, 0.5) is 0 Å². The second-order valence-electron chi connectivity index (χ2n) is 4.82. The van der Waals surface area contributed by atoms with Crippen LogP contribution in [0.1, 0.15) is 29.4 Å². The van der Waals surface area contributed by atoms with Gasteiger partial charge in [0.25, 0.3) is 0 Å². The van der Waals surface area contributed by atoms with Gasteiger partial charge < -0.3 is 16.0 Å². The molecule has 0 radical (unpaired) electrons. The monoisotopic (exact) mass is 257 g/mol. The fourth-order valence-electron chi connectivity index (χ4n) is 2.28. The Labute approximate surface area is 113 Å². The molecule has 1 aromatic carbocycles. The number of aromatic nitrogens is 1. The van der Waals surface area contributed by atoms with E-state index in [1.807, 2.05) is 24.3 Å². The van der Waals surface area contributed by atoms with Crippen molar-refractivity contribution in [1.82, 2.24) is 4.57 Å². The van der Waals surface area contributed by atoms with E-state index in [9.17, 15) is 4.79 Å². The molecule has 1 aromatic heterocycles. The van der Waals surface area contributed by atoms with Gasteiger partial charge in [-0.25, -0.2) is 0 Å². The number of nitrogens with two attached hydrogens (primary N) is 2. The maximum absolute atomic E-state index is 10.9. The molecule has 0 saturated heterocycles. The van der Waals surface area contributed by atoms with Crippen LogP contribution in [0.2, 0.25) is 0 Å². The third-order valence-electron chi connectivity index (χ3n) is 3.27. The number of benzene rings is 1. The summed E-state index contributed by atoms with van der Waals surface area (Å²) in [5, 5.41) is 0. The minimum atomic E-state index is -0.381. The Bertz CT molecular complexity index is 564. The second kappa shape index (κ2) is 5.28. The van der Waals surface area contributed by atoms with Crippen molar-refractivity contribution in [2.24, 2.45) is 11.5 Å². The number of carbonyl (C=O) groups excluding carboxylic acids is 1. The largest absolute Gasteiger partial charge is 0.370 e. The number of hydrogen-bond acceptors (Lipinski definition) is 2. The maximum atomic E-state index is 10.9. The quantitative estimate of drug-likeness (QED) is 0.878. The first-order valence-corrected chi connectivity index (χ1v) is 6.28. The van der Waals surface area contributed by atoms with E-state index in [2.05, 4.69) is 30.5 Å². The average Bonchev–Trinajstić information content (AvgIpc) is 2.68. The number of carbonyl (C=O) groups is 1. The van der Waals surface area contributed by atoms with Gasteiger partial charge in [0.15, 0.2) is 0 Å². The van der Waals surface area contributed by atoms with E-state index in [0.29, 0.717) is 0 Å². The van der Waals surface area contributed by atoms with Gasteiger partial charge >= 0.3 is 0 Å². The fraction of sp³-hybridized carbons (Fsp3) is 0.267. The number of primary amides is 1. The Morgan fingerprint density at radius 3 is 2.11 bits per heavy atom. The first kappa shape index (κ1) is 13.4. The van der Waals surface area contributed by atoms with Crippen molar-refractivity contribution in [2.75, 3.05) is 0 Å². The summed E-state index contributed by atoms with van der Waals surface area (Å²) in [6.07, 6.45) is 0.168. The summed E-state index contributed by atoms with van der Waals surface area (Å²) < 4.78 is 2.17. The first-order valence-electron chi connectivity index (χ1n) is 6.28. The van der Waals surface area contributed by atoms with E-state index in [-0.39, 0.29) is 18.4 Å². The summed E-state index contributed by atoms with van der Waals surface area (Å²) >= 11 is 0. The van der Waals surface area contributed by atoms with Crippen LogP contribution in [0.3, 0.4) is 0 Å². The molecular weight excluding hydrogens is 238 g/mol. The van der Waals surface area contributed by atoms with Crippen LogP contribution < -0.4 is 11.5 Å². The summed E-state index contributed by atoms with van der Waals surface area (Å²) in [5.41, 5.74) is 15.5. The summed E-state index contributed by atoms with van der Waals surface area (Å²) in [5.74, 6) is -0.381. The molecule has 0 aliphatic carbocycles. The van der Waals surface area contributed by atoms with E-state index in [4.69, 9.17) is 11.5 Å². The number of nitrogens with zero attached hydrogens (tertiary/aromatic N) is 1. The molecule has 19 heavy (non-hydrogen) atoms. The molecule has 0 fully saturated rings. The zero-order chi connectivity index (χ0) is 14.0. The Kier molecular flexibility index (Phi) is 3.71. The van der Waals surface area contributed by atoms with Crippen LogP contribution in [0, 0.1) is 13.8 Å². The molecular formula is C15H19N3O. The molecule has 0 aliphatic heterocycles. The average molecular weight is 257 g/mol. The number of rotatable bonds is 4. The predicted octanol–water partition coefficient (Wildman–Crippen LogP) is 1.97. The molecule has 4 N–H and O–H groups in total. The van der Waals surface area contributed by atoms with Gasteiger partial charge in [0.1, 0.15) is 0 Å². The Morgan fingerprint density at radius 1 is 1.11 bits per heavy atom. The van der Waals surface area contributed by atoms with Crippen molar-refractivity contribution in [3.05, 3.63) is 53.3 Å². The molecule has 0 aliphatic rings. The van der Waals surface area contributed by atoms with Gasteiger partial charge in [0.2, 0.25) is 5.91 Å². The van der Waals surface area contributed by atoms with Crippen LogP contribution in [0.15, 0.2) is 36.4 Å². The molecule has 1 unspecified atom stereocenters. The molecule has 1 heterocycles. The predicted molar refractivity (Wildman–Crippen MR) is 76.0 cm³/mol. The zero-order valence-corrected chi connectivity index (χ0v) is 11.3. The second-order valence-corrected chi connectivity index (χ2v) is 4.82. The summed E-state index contributed by atoms with van der Waals surface area (Å²) in [4.78, 5) is 10.9. The lowest BCUT2D eigenvalue weighted by atomic mass is 10.0. The van der Waals surface area contributed by atoms with E-state index in [1.165, 1.54) is 11.4 Å². The van der Waals surface area contributed by atoms with Crippen LogP contribution in [0.5, 0.6) is 0 Å². The lowest BCUT2D eigenvalue weighted by Gasteiger charge is -2.13. The van der Waals surface area contributed by atoms with E-state index < -0.39 is 0 Å². The minimum absolute atomic E-state index is 0.168. The van der Waals surface area contributed by atoms with Gasteiger partial charge in [0, 0.05) is 29.5 Å². The van der Waals surface area contributed by atoms with Gasteiger partial charge in [0.05, 0.1) is 0 Å². The lowest BCUT2D eigenvalue weighted by Crippen LogP contribution is -2.20. The Morgan fingerprint density at radius 2 is 1.63 bits per heavy atom. The SMILES string of the molecule is Cc1ccc(C)n1-c1ccc(C(N)CC(N)=O)cc1. The Balaban J connectivity index is 2.26. The van der Waals surface area contributed by atoms with Crippen LogP contribution in [-0.4, -0.2) is 10.5 Å². The summed E-state index contributed by atoms with van der Waals surface area (Å²) in [7, 11) is 0. The molecule has 2 aromatic rings. The smallest absolute Gasteiger partial charge is 0.219 e. The van der Waals surface area contributed by atoms with Crippen molar-refractivity contribution >= 4 is 5.91 Å². The number of aryl methyl sites for hydroxylation is 2. The van der Waals surface area contributed by atoms with E-state index >= 15 is 0 Å². The Hall–Kier alpha value is -2.07. The molecule has 4 heteroatoms. The minimum Gasteiger partial charge on any atom is -0.370 e. The fourth-order valence-corrected chi connectivity index (χ4v) is 2.28. The van der Waals surface area contributed by atoms with Crippen molar-refractivity contribution in [3.8, 4) is 5.69 Å². The summed E-state index contributed by atoms with van der Waals surface area (Å²) in [6, 6.07) is 11.7. The number of amides is 1. The van der Waals surface area contributed by atoms with E-state index in [0.717, 1.165) is 11.3 Å². The van der Waals surface area contributed by atoms with Crippen molar-refractivity contribution < 1.29 is 4.79 Å². The van der Waals surface area contributed by atoms with Crippen molar-refractivity contribution in [2.45, 2.75) is 26.3 Å². The van der Waals surface area contributed by atoms with Gasteiger partial charge in [-0.2, -0.15) is 0 Å². The van der Waals surface area contributed by atoms with Gasteiger partial charge in [-0.15, -0.1) is 0 Å². The topological polar surface area (TPSA) is 74.0 Å².